The molecule has 3 atom stereocenters. The summed E-state index contributed by atoms with van der Waals surface area (Å²) in [5.74, 6) is 0. The van der Waals surface area contributed by atoms with E-state index in [1.807, 2.05) is 0 Å². The van der Waals surface area contributed by atoms with Crippen molar-refractivity contribution in [3.8, 4) is 0 Å². The van der Waals surface area contributed by atoms with E-state index in [9.17, 15) is 0 Å². The van der Waals surface area contributed by atoms with Crippen molar-refractivity contribution >= 4 is 0 Å². The number of rotatable bonds is 2. The molecular weight excluding hydrogens is 162 g/mol. The number of hydrogen-bond donors (Lipinski definition) is 0. The Hall–Kier alpha value is -0.0800. The highest BCUT2D eigenvalue weighted by molar-refractivity contribution is 5.04. The first-order valence-corrected chi connectivity index (χ1v) is 5.65. The summed E-state index contributed by atoms with van der Waals surface area (Å²) in [5.41, 5.74) is 0.546. The van der Waals surface area contributed by atoms with Gasteiger partial charge in [0, 0.05) is 11.6 Å². The molecule has 0 spiro atoms. The average Bonchev–Trinajstić information content (AvgIpc) is 2.88. The van der Waals surface area contributed by atoms with Crippen LogP contribution in [-0.4, -0.2) is 36.2 Å². The van der Waals surface area contributed by atoms with Gasteiger partial charge in [0.2, 0.25) is 0 Å². The van der Waals surface area contributed by atoms with Gasteiger partial charge in [-0.2, -0.15) is 0 Å². The fourth-order valence-electron chi connectivity index (χ4n) is 3.46. The zero-order valence-electron chi connectivity index (χ0n) is 8.46. The summed E-state index contributed by atoms with van der Waals surface area (Å²) in [4.78, 5) is 2.66. The Labute approximate surface area is 80.2 Å². The zero-order chi connectivity index (χ0) is 8.89. The summed E-state index contributed by atoms with van der Waals surface area (Å²) in [6.45, 7) is 1.03. The molecule has 3 aliphatic heterocycles. The SMILES string of the molecule is CN1C2CCCC1(C[C@H]1CO1)CC2. The van der Waals surface area contributed by atoms with Gasteiger partial charge in [-0.25, -0.2) is 0 Å². The topological polar surface area (TPSA) is 15.8 Å². The van der Waals surface area contributed by atoms with E-state index < -0.39 is 0 Å². The fourth-order valence-corrected chi connectivity index (χ4v) is 3.46. The first-order valence-electron chi connectivity index (χ1n) is 5.65. The van der Waals surface area contributed by atoms with Crippen LogP contribution in [0.3, 0.4) is 0 Å². The molecule has 74 valence electrons. The highest BCUT2D eigenvalue weighted by atomic mass is 16.6. The van der Waals surface area contributed by atoms with E-state index in [2.05, 4.69) is 11.9 Å². The number of hydrogen-bond acceptors (Lipinski definition) is 2. The Bertz CT molecular complexity index is 210. The number of nitrogens with zero attached hydrogens (tertiary/aromatic N) is 1. The lowest BCUT2D eigenvalue weighted by Crippen LogP contribution is -2.48. The van der Waals surface area contributed by atoms with E-state index in [1.54, 1.807) is 0 Å². The van der Waals surface area contributed by atoms with Crippen LogP contribution in [0.2, 0.25) is 0 Å². The Morgan fingerprint density at radius 1 is 1.38 bits per heavy atom. The smallest absolute Gasteiger partial charge is 0.0827 e. The van der Waals surface area contributed by atoms with E-state index in [0.29, 0.717) is 11.6 Å². The Kier molecular flexibility index (Phi) is 1.72. The van der Waals surface area contributed by atoms with Gasteiger partial charge >= 0.3 is 0 Å². The van der Waals surface area contributed by atoms with Crippen LogP contribution in [0.1, 0.15) is 38.5 Å². The fraction of sp³-hybridized carbons (Fsp3) is 1.00. The molecule has 2 bridgehead atoms. The highest BCUT2D eigenvalue weighted by Gasteiger charge is 2.49. The second kappa shape index (κ2) is 2.71. The molecule has 13 heavy (non-hydrogen) atoms. The Balaban J connectivity index is 1.78. The summed E-state index contributed by atoms with van der Waals surface area (Å²) >= 11 is 0. The van der Waals surface area contributed by atoms with Crippen LogP contribution < -0.4 is 0 Å². The third-order valence-electron chi connectivity index (χ3n) is 4.43. The van der Waals surface area contributed by atoms with Crippen molar-refractivity contribution in [1.82, 2.24) is 4.90 Å². The van der Waals surface area contributed by atoms with Crippen molar-refractivity contribution in [2.75, 3.05) is 13.7 Å². The number of ether oxygens (including phenoxy) is 1. The largest absolute Gasteiger partial charge is 0.373 e. The minimum Gasteiger partial charge on any atom is -0.373 e. The first-order chi connectivity index (χ1) is 6.30. The molecule has 0 N–H and O–H groups in total. The quantitative estimate of drug-likeness (QED) is 0.604. The summed E-state index contributed by atoms with van der Waals surface area (Å²) in [5, 5.41) is 0. The molecule has 3 aliphatic rings. The van der Waals surface area contributed by atoms with Crippen molar-refractivity contribution < 1.29 is 4.74 Å². The summed E-state index contributed by atoms with van der Waals surface area (Å²) in [6, 6.07) is 0.896. The van der Waals surface area contributed by atoms with Crippen LogP contribution in [0.25, 0.3) is 0 Å². The lowest BCUT2D eigenvalue weighted by molar-refractivity contribution is 0.0671. The van der Waals surface area contributed by atoms with Gasteiger partial charge in [-0.15, -0.1) is 0 Å². The number of fused-ring (bicyclic) bond motifs is 2. The van der Waals surface area contributed by atoms with Gasteiger partial charge in [0.25, 0.3) is 0 Å². The molecule has 0 radical (unpaired) electrons. The molecule has 0 aromatic rings. The van der Waals surface area contributed by atoms with E-state index in [-0.39, 0.29) is 0 Å². The molecule has 3 rings (SSSR count). The molecule has 3 saturated heterocycles. The summed E-state index contributed by atoms with van der Waals surface area (Å²) < 4.78 is 5.38. The standard InChI is InChI=1S/C11H19NO/c1-12-9-3-2-5-11(12,6-4-9)7-10-8-13-10/h9-10H,2-8H2,1H3/t9?,10-,11?/m0/s1. The monoisotopic (exact) mass is 181 g/mol. The van der Waals surface area contributed by atoms with E-state index in [0.717, 1.165) is 12.6 Å². The molecule has 0 aliphatic carbocycles. The predicted octanol–water partition coefficient (Wildman–Crippen LogP) is 1.79. The maximum Gasteiger partial charge on any atom is 0.0827 e. The van der Waals surface area contributed by atoms with Crippen molar-refractivity contribution in [2.45, 2.75) is 56.2 Å². The van der Waals surface area contributed by atoms with Crippen LogP contribution in [0, 0.1) is 0 Å². The van der Waals surface area contributed by atoms with Crippen molar-refractivity contribution in [1.29, 1.82) is 0 Å². The van der Waals surface area contributed by atoms with E-state index in [1.165, 1.54) is 38.5 Å². The average molecular weight is 181 g/mol. The Morgan fingerprint density at radius 2 is 2.23 bits per heavy atom. The van der Waals surface area contributed by atoms with Crippen LogP contribution >= 0.6 is 0 Å². The molecule has 3 heterocycles. The lowest BCUT2D eigenvalue weighted by atomic mass is 9.84. The van der Waals surface area contributed by atoms with Gasteiger partial charge in [-0.05, 0) is 39.2 Å². The molecule has 2 nitrogen and oxygen atoms in total. The van der Waals surface area contributed by atoms with Crippen molar-refractivity contribution in [2.24, 2.45) is 0 Å². The second-order valence-corrected chi connectivity index (χ2v) is 5.08. The van der Waals surface area contributed by atoms with Gasteiger partial charge < -0.3 is 4.74 Å². The zero-order valence-corrected chi connectivity index (χ0v) is 8.46. The molecule has 0 saturated carbocycles. The highest BCUT2D eigenvalue weighted by Crippen LogP contribution is 2.46. The molecular formula is C11H19NO. The molecule has 3 fully saturated rings. The van der Waals surface area contributed by atoms with Crippen molar-refractivity contribution in [3.05, 3.63) is 0 Å². The van der Waals surface area contributed by atoms with Crippen LogP contribution in [0.5, 0.6) is 0 Å². The van der Waals surface area contributed by atoms with Crippen molar-refractivity contribution in [3.63, 3.8) is 0 Å². The maximum absolute atomic E-state index is 5.38. The van der Waals surface area contributed by atoms with Gasteiger partial charge in [0.15, 0.2) is 0 Å². The molecule has 0 amide bonds. The maximum atomic E-state index is 5.38. The Morgan fingerprint density at radius 3 is 3.00 bits per heavy atom. The second-order valence-electron chi connectivity index (χ2n) is 5.08. The van der Waals surface area contributed by atoms with E-state index >= 15 is 0 Å². The summed E-state index contributed by atoms with van der Waals surface area (Å²) in [7, 11) is 2.33. The third-order valence-corrected chi connectivity index (χ3v) is 4.43. The molecule has 2 heteroatoms. The third kappa shape index (κ3) is 1.23. The van der Waals surface area contributed by atoms with E-state index in [4.69, 9.17) is 4.74 Å². The minimum absolute atomic E-state index is 0.546. The molecule has 0 aromatic carbocycles. The minimum atomic E-state index is 0.546. The predicted molar refractivity (Wildman–Crippen MR) is 51.7 cm³/mol. The van der Waals surface area contributed by atoms with Crippen LogP contribution in [-0.2, 0) is 4.74 Å². The number of epoxide rings is 1. The van der Waals surface area contributed by atoms with Crippen LogP contribution in [0.15, 0.2) is 0 Å². The first kappa shape index (κ1) is 8.25. The number of piperidine rings is 1. The van der Waals surface area contributed by atoms with Gasteiger partial charge in [-0.3, -0.25) is 4.90 Å². The van der Waals surface area contributed by atoms with Gasteiger partial charge in [-0.1, -0.05) is 6.42 Å². The van der Waals surface area contributed by atoms with Crippen LogP contribution in [0.4, 0.5) is 0 Å². The lowest BCUT2D eigenvalue weighted by Gasteiger charge is -2.42. The summed E-state index contributed by atoms with van der Waals surface area (Å²) in [6.07, 6.45) is 9.07. The van der Waals surface area contributed by atoms with Gasteiger partial charge in [0.1, 0.15) is 0 Å². The molecule has 2 unspecified atom stereocenters. The van der Waals surface area contributed by atoms with Gasteiger partial charge in [0.05, 0.1) is 12.7 Å². The molecule has 0 aromatic heterocycles. The normalized spacial score (nSPS) is 49.6.